The van der Waals surface area contributed by atoms with Gasteiger partial charge in [0.15, 0.2) is 11.6 Å². The van der Waals surface area contributed by atoms with Crippen LogP contribution in [0.3, 0.4) is 0 Å². The molecule has 14 heavy (non-hydrogen) atoms. The van der Waals surface area contributed by atoms with Crippen molar-refractivity contribution in [3.63, 3.8) is 0 Å². The summed E-state index contributed by atoms with van der Waals surface area (Å²) < 4.78 is 1.66. The third kappa shape index (κ3) is 2.13. The van der Waals surface area contributed by atoms with Gasteiger partial charge >= 0.3 is 0 Å². The van der Waals surface area contributed by atoms with Crippen LogP contribution in [0.4, 0.5) is 0 Å². The summed E-state index contributed by atoms with van der Waals surface area (Å²) in [6, 6.07) is 0. The van der Waals surface area contributed by atoms with Crippen molar-refractivity contribution in [1.82, 2.24) is 19.9 Å². The van der Waals surface area contributed by atoms with Crippen LogP contribution in [0.5, 0.6) is 0 Å². The quantitative estimate of drug-likeness (QED) is 0.811. The molecule has 2 aromatic rings. The summed E-state index contributed by atoms with van der Waals surface area (Å²) in [7, 11) is 0. The minimum Gasteiger partial charge on any atom is -0.233 e. The zero-order chi connectivity index (χ0) is 9.97. The monoisotopic (exact) mass is 314 g/mol. The fraction of sp³-hybridized carbons (Fsp3) is 0. The smallest absolute Gasteiger partial charge is 0.197 e. The maximum Gasteiger partial charge on any atom is 0.197 e. The molecule has 0 atom stereocenters. The molecule has 4 nitrogen and oxygen atoms in total. The van der Waals surface area contributed by atoms with Gasteiger partial charge in [-0.1, -0.05) is 0 Å². The molecule has 0 aliphatic rings. The van der Waals surface area contributed by atoms with Crippen LogP contribution in [0.2, 0.25) is 0 Å². The SMILES string of the molecule is Brc1cnc(-c2ncc(Br)cn2)nc1. The molecular weight excluding hydrogens is 312 g/mol. The van der Waals surface area contributed by atoms with Gasteiger partial charge in [-0.2, -0.15) is 0 Å². The lowest BCUT2D eigenvalue weighted by Gasteiger charge is -1.97. The van der Waals surface area contributed by atoms with E-state index in [1.807, 2.05) is 0 Å². The van der Waals surface area contributed by atoms with Crippen LogP contribution in [0.25, 0.3) is 11.6 Å². The average Bonchev–Trinajstić information content (AvgIpc) is 2.21. The lowest BCUT2D eigenvalue weighted by molar-refractivity contribution is 1.07. The highest BCUT2D eigenvalue weighted by atomic mass is 79.9. The summed E-state index contributed by atoms with van der Waals surface area (Å²) in [5.41, 5.74) is 0. The van der Waals surface area contributed by atoms with Gasteiger partial charge in [-0.3, -0.25) is 0 Å². The Kier molecular flexibility index (Phi) is 2.83. The number of aromatic nitrogens is 4. The number of halogens is 2. The first kappa shape index (κ1) is 9.67. The minimum atomic E-state index is 0.515. The third-order valence-corrected chi connectivity index (χ3v) is 2.26. The lowest BCUT2D eigenvalue weighted by atomic mass is 10.5. The molecule has 0 bridgehead atoms. The normalized spacial score (nSPS) is 10.1. The van der Waals surface area contributed by atoms with E-state index in [-0.39, 0.29) is 0 Å². The topological polar surface area (TPSA) is 51.6 Å². The molecule has 0 aliphatic carbocycles. The average molecular weight is 316 g/mol. The van der Waals surface area contributed by atoms with Crippen molar-refractivity contribution in [2.24, 2.45) is 0 Å². The van der Waals surface area contributed by atoms with E-state index < -0.39 is 0 Å². The Morgan fingerprint density at radius 3 is 1.21 bits per heavy atom. The molecule has 2 rings (SSSR count). The summed E-state index contributed by atoms with van der Waals surface area (Å²) in [4.78, 5) is 16.3. The zero-order valence-corrected chi connectivity index (χ0v) is 10.0. The zero-order valence-electron chi connectivity index (χ0n) is 6.85. The van der Waals surface area contributed by atoms with Crippen LogP contribution in [0.15, 0.2) is 33.7 Å². The molecule has 0 radical (unpaired) electrons. The summed E-state index contributed by atoms with van der Waals surface area (Å²) in [5.74, 6) is 1.03. The summed E-state index contributed by atoms with van der Waals surface area (Å²) in [6.45, 7) is 0. The first-order chi connectivity index (χ1) is 6.75. The second-order valence-corrected chi connectivity index (χ2v) is 4.28. The Labute approximate surface area is 97.1 Å². The molecule has 0 aromatic carbocycles. The van der Waals surface area contributed by atoms with Crippen LogP contribution in [-0.4, -0.2) is 19.9 Å². The van der Waals surface area contributed by atoms with Gasteiger partial charge in [0.05, 0.1) is 8.95 Å². The fourth-order valence-electron chi connectivity index (χ4n) is 0.856. The van der Waals surface area contributed by atoms with Crippen molar-refractivity contribution in [1.29, 1.82) is 0 Å². The number of nitrogens with zero attached hydrogens (tertiary/aromatic N) is 4. The van der Waals surface area contributed by atoms with E-state index in [0.29, 0.717) is 11.6 Å². The molecule has 0 saturated heterocycles. The Hall–Kier alpha value is -0.880. The van der Waals surface area contributed by atoms with Crippen molar-refractivity contribution in [2.75, 3.05) is 0 Å². The highest BCUT2D eigenvalue weighted by Gasteiger charge is 2.03. The number of hydrogen-bond acceptors (Lipinski definition) is 4. The minimum absolute atomic E-state index is 0.515. The highest BCUT2D eigenvalue weighted by molar-refractivity contribution is 9.10. The number of hydrogen-bond donors (Lipinski definition) is 0. The van der Waals surface area contributed by atoms with Gasteiger partial charge < -0.3 is 0 Å². The molecule has 6 heteroatoms. The Morgan fingerprint density at radius 2 is 0.929 bits per heavy atom. The van der Waals surface area contributed by atoms with Gasteiger partial charge in [-0.05, 0) is 31.9 Å². The molecule has 0 amide bonds. The molecule has 0 fully saturated rings. The van der Waals surface area contributed by atoms with Crippen molar-refractivity contribution in [2.45, 2.75) is 0 Å². The summed E-state index contributed by atoms with van der Waals surface area (Å²) >= 11 is 6.51. The highest BCUT2D eigenvalue weighted by Crippen LogP contribution is 2.12. The molecule has 70 valence electrons. The summed E-state index contributed by atoms with van der Waals surface area (Å²) in [5, 5.41) is 0. The van der Waals surface area contributed by atoms with Crippen LogP contribution < -0.4 is 0 Å². The molecule has 2 aromatic heterocycles. The van der Waals surface area contributed by atoms with E-state index in [2.05, 4.69) is 51.8 Å². The summed E-state index contributed by atoms with van der Waals surface area (Å²) in [6.07, 6.45) is 6.64. The van der Waals surface area contributed by atoms with Gasteiger partial charge in [0.25, 0.3) is 0 Å². The predicted octanol–water partition coefficient (Wildman–Crippen LogP) is 2.46. The van der Waals surface area contributed by atoms with Crippen LogP contribution in [0, 0.1) is 0 Å². The molecular formula is C8H4Br2N4. The van der Waals surface area contributed by atoms with Crippen molar-refractivity contribution in [3.05, 3.63) is 33.7 Å². The Balaban J connectivity index is 2.40. The maximum atomic E-state index is 4.08. The Bertz CT molecular complexity index is 383. The third-order valence-electron chi connectivity index (χ3n) is 1.44. The van der Waals surface area contributed by atoms with Crippen molar-refractivity contribution >= 4 is 31.9 Å². The number of rotatable bonds is 1. The van der Waals surface area contributed by atoms with E-state index in [9.17, 15) is 0 Å². The van der Waals surface area contributed by atoms with Gasteiger partial charge in [-0.25, -0.2) is 19.9 Å². The van der Waals surface area contributed by atoms with E-state index in [1.165, 1.54) is 0 Å². The maximum absolute atomic E-state index is 4.08. The molecule has 2 heterocycles. The molecule has 0 saturated carbocycles. The van der Waals surface area contributed by atoms with Crippen LogP contribution >= 0.6 is 31.9 Å². The van der Waals surface area contributed by atoms with Crippen LogP contribution in [-0.2, 0) is 0 Å². The lowest BCUT2D eigenvalue weighted by Crippen LogP contribution is -1.93. The van der Waals surface area contributed by atoms with Gasteiger partial charge in [0.2, 0.25) is 0 Å². The molecule has 0 spiro atoms. The first-order valence-corrected chi connectivity index (χ1v) is 5.30. The largest absolute Gasteiger partial charge is 0.233 e. The molecule has 0 unspecified atom stereocenters. The second-order valence-electron chi connectivity index (χ2n) is 2.45. The van der Waals surface area contributed by atoms with Crippen molar-refractivity contribution in [3.8, 4) is 11.6 Å². The first-order valence-electron chi connectivity index (χ1n) is 3.71. The van der Waals surface area contributed by atoms with Gasteiger partial charge in [-0.15, -0.1) is 0 Å². The van der Waals surface area contributed by atoms with Crippen molar-refractivity contribution < 1.29 is 0 Å². The van der Waals surface area contributed by atoms with Gasteiger partial charge in [0, 0.05) is 24.8 Å². The standard InChI is InChI=1S/C8H4Br2N4/c9-5-1-11-7(12-2-5)8-13-3-6(10)4-14-8/h1-4H. The van der Waals surface area contributed by atoms with Crippen LogP contribution in [0.1, 0.15) is 0 Å². The second kappa shape index (κ2) is 4.10. The van der Waals surface area contributed by atoms with E-state index in [4.69, 9.17) is 0 Å². The van der Waals surface area contributed by atoms with E-state index in [0.717, 1.165) is 8.95 Å². The predicted molar refractivity (Wildman–Crippen MR) is 58.5 cm³/mol. The van der Waals surface area contributed by atoms with Gasteiger partial charge in [0.1, 0.15) is 0 Å². The molecule has 0 aliphatic heterocycles. The fourth-order valence-corrected chi connectivity index (χ4v) is 1.27. The van der Waals surface area contributed by atoms with E-state index >= 15 is 0 Å². The Morgan fingerprint density at radius 1 is 0.643 bits per heavy atom. The van der Waals surface area contributed by atoms with E-state index in [1.54, 1.807) is 24.8 Å². The molecule has 0 N–H and O–H groups in total.